The maximum Gasteiger partial charge on any atom is 0.418 e. The van der Waals surface area contributed by atoms with Gasteiger partial charge in [0.15, 0.2) is 0 Å². The lowest BCUT2D eigenvalue weighted by molar-refractivity contribution is -0.136. The number of halogens is 3. The smallest absolute Gasteiger partial charge is 0.399 e. The van der Waals surface area contributed by atoms with Crippen molar-refractivity contribution in [2.75, 3.05) is 17.6 Å². The van der Waals surface area contributed by atoms with Gasteiger partial charge in [-0.3, -0.25) is 4.79 Å². The van der Waals surface area contributed by atoms with Crippen LogP contribution in [0, 0.1) is 0 Å². The fourth-order valence-corrected chi connectivity index (χ4v) is 1.79. The zero-order chi connectivity index (χ0) is 14.8. The third-order valence-corrected chi connectivity index (χ3v) is 2.96. The van der Waals surface area contributed by atoms with Gasteiger partial charge in [-0.1, -0.05) is 0 Å². The zero-order valence-electron chi connectivity index (χ0n) is 10.8. The Morgan fingerprint density at radius 3 is 2.65 bits per heavy atom. The number of rotatable bonds is 5. The van der Waals surface area contributed by atoms with Gasteiger partial charge in [0, 0.05) is 30.4 Å². The molecule has 0 bridgehead atoms. The molecule has 1 saturated carbocycles. The normalized spacial score (nSPS) is 14.9. The number of hydrogen-bond donors (Lipinski definition) is 3. The molecule has 0 aliphatic heterocycles. The number of carbonyl (C=O) groups excluding carboxylic acids is 1. The minimum atomic E-state index is -4.48. The molecule has 20 heavy (non-hydrogen) atoms. The highest BCUT2D eigenvalue weighted by atomic mass is 19.4. The van der Waals surface area contributed by atoms with Crippen molar-refractivity contribution in [2.45, 2.75) is 31.5 Å². The highest BCUT2D eigenvalue weighted by Gasteiger charge is 2.33. The van der Waals surface area contributed by atoms with Gasteiger partial charge in [0.05, 0.1) is 5.56 Å². The van der Waals surface area contributed by atoms with Gasteiger partial charge in [-0.15, -0.1) is 0 Å². The van der Waals surface area contributed by atoms with Crippen LogP contribution in [0.15, 0.2) is 18.2 Å². The molecule has 1 aliphatic carbocycles. The number of nitrogens with two attached hydrogens (primary N) is 1. The quantitative estimate of drug-likeness (QED) is 0.728. The molecule has 1 fully saturated rings. The number of alkyl halides is 3. The minimum absolute atomic E-state index is 0.0503. The van der Waals surface area contributed by atoms with E-state index in [1.165, 1.54) is 12.1 Å². The molecule has 0 unspecified atom stereocenters. The Hall–Kier alpha value is -1.92. The van der Waals surface area contributed by atoms with E-state index >= 15 is 0 Å². The highest BCUT2D eigenvalue weighted by Crippen LogP contribution is 2.36. The van der Waals surface area contributed by atoms with Gasteiger partial charge in [0.25, 0.3) is 0 Å². The summed E-state index contributed by atoms with van der Waals surface area (Å²) in [6, 6.07) is 3.80. The van der Waals surface area contributed by atoms with E-state index in [4.69, 9.17) is 5.73 Å². The van der Waals surface area contributed by atoms with Gasteiger partial charge in [-0.25, -0.2) is 0 Å². The molecule has 0 atom stereocenters. The predicted molar refractivity (Wildman–Crippen MR) is 70.1 cm³/mol. The maximum absolute atomic E-state index is 12.8. The number of nitrogen functional groups attached to an aromatic ring is 1. The molecule has 1 amide bonds. The van der Waals surface area contributed by atoms with Crippen molar-refractivity contribution in [1.29, 1.82) is 0 Å². The molecule has 7 heteroatoms. The predicted octanol–water partition coefficient (Wildman–Crippen LogP) is 2.37. The van der Waals surface area contributed by atoms with Crippen LogP contribution >= 0.6 is 0 Å². The summed E-state index contributed by atoms with van der Waals surface area (Å²) in [5.41, 5.74) is 4.54. The minimum Gasteiger partial charge on any atom is -0.399 e. The molecule has 0 spiro atoms. The summed E-state index contributed by atoms with van der Waals surface area (Å²) in [7, 11) is 0. The molecule has 4 nitrogen and oxygen atoms in total. The monoisotopic (exact) mass is 287 g/mol. The van der Waals surface area contributed by atoms with E-state index in [-0.39, 0.29) is 36.3 Å². The molecule has 1 aliphatic rings. The zero-order valence-corrected chi connectivity index (χ0v) is 10.8. The van der Waals surface area contributed by atoms with Gasteiger partial charge < -0.3 is 16.4 Å². The number of nitrogens with one attached hydrogen (secondary N) is 2. The van der Waals surface area contributed by atoms with Gasteiger partial charge in [0.2, 0.25) is 5.91 Å². The average molecular weight is 287 g/mol. The number of carbonyl (C=O) groups is 1. The van der Waals surface area contributed by atoms with Crippen molar-refractivity contribution in [3.63, 3.8) is 0 Å². The molecule has 1 aromatic rings. The summed E-state index contributed by atoms with van der Waals surface area (Å²) in [6.07, 6.45) is -2.38. The Bertz CT molecular complexity index is 498. The first-order valence-electron chi connectivity index (χ1n) is 6.36. The van der Waals surface area contributed by atoms with E-state index in [9.17, 15) is 18.0 Å². The van der Waals surface area contributed by atoms with E-state index in [1.54, 1.807) is 0 Å². The van der Waals surface area contributed by atoms with Crippen molar-refractivity contribution in [1.82, 2.24) is 5.32 Å². The summed E-state index contributed by atoms with van der Waals surface area (Å²) < 4.78 is 38.5. The Labute approximate surface area is 114 Å². The number of anilines is 2. The Balaban J connectivity index is 1.93. The molecular weight excluding hydrogens is 271 g/mol. The number of benzene rings is 1. The second kappa shape index (κ2) is 5.60. The molecule has 110 valence electrons. The molecule has 0 aromatic heterocycles. The van der Waals surface area contributed by atoms with Crippen LogP contribution in [0.5, 0.6) is 0 Å². The molecule has 2 rings (SSSR count). The molecule has 4 N–H and O–H groups in total. The van der Waals surface area contributed by atoms with Crippen LogP contribution in [-0.2, 0) is 11.0 Å². The van der Waals surface area contributed by atoms with E-state index in [2.05, 4.69) is 10.6 Å². The molecule has 0 radical (unpaired) electrons. The summed E-state index contributed by atoms with van der Waals surface area (Å²) in [5, 5.41) is 5.41. The maximum atomic E-state index is 12.8. The van der Waals surface area contributed by atoms with E-state index in [0.29, 0.717) is 0 Å². The second-order valence-electron chi connectivity index (χ2n) is 4.82. The van der Waals surface area contributed by atoms with Gasteiger partial charge in [-0.05, 0) is 31.0 Å². The van der Waals surface area contributed by atoms with Crippen molar-refractivity contribution in [3.05, 3.63) is 23.8 Å². The summed E-state index contributed by atoms with van der Waals surface area (Å²) in [4.78, 5) is 11.4. The summed E-state index contributed by atoms with van der Waals surface area (Å²) in [6.45, 7) is 0.144. The third kappa shape index (κ3) is 4.04. The Kier molecular flexibility index (Phi) is 4.06. The van der Waals surface area contributed by atoms with Gasteiger partial charge >= 0.3 is 6.18 Å². The van der Waals surface area contributed by atoms with Crippen molar-refractivity contribution >= 4 is 17.3 Å². The van der Waals surface area contributed by atoms with Crippen LogP contribution in [0.3, 0.4) is 0 Å². The van der Waals surface area contributed by atoms with E-state index in [0.717, 1.165) is 18.9 Å². The van der Waals surface area contributed by atoms with Crippen molar-refractivity contribution in [3.8, 4) is 0 Å². The van der Waals surface area contributed by atoms with Gasteiger partial charge in [-0.2, -0.15) is 13.2 Å². The first-order chi connectivity index (χ1) is 9.36. The van der Waals surface area contributed by atoms with Crippen molar-refractivity contribution < 1.29 is 18.0 Å². The van der Waals surface area contributed by atoms with Crippen LogP contribution in [0.1, 0.15) is 24.8 Å². The van der Waals surface area contributed by atoms with Crippen LogP contribution in [-0.4, -0.2) is 18.5 Å². The second-order valence-corrected chi connectivity index (χ2v) is 4.82. The lowest BCUT2D eigenvalue weighted by Gasteiger charge is -2.15. The number of hydrogen-bond acceptors (Lipinski definition) is 3. The first kappa shape index (κ1) is 14.5. The lowest BCUT2D eigenvalue weighted by atomic mass is 10.1. The topological polar surface area (TPSA) is 67.1 Å². The summed E-state index contributed by atoms with van der Waals surface area (Å²) in [5.74, 6) is -0.149. The standard InChI is InChI=1S/C13H16F3N3O/c14-13(15,16)10-7-8(17)1-4-11(10)18-6-5-12(20)19-9-2-3-9/h1,4,7,9,18H,2-3,5-6,17H2,(H,19,20). The Morgan fingerprint density at radius 1 is 1.35 bits per heavy atom. The lowest BCUT2D eigenvalue weighted by Crippen LogP contribution is -2.27. The highest BCUT2D eigenvalue weighted by molar-refractivity contribution is 5.77. The average Bonchev–Trinajstić information content (AvgIpc) is 3.13. The summed E-state index contributed by atoms with van der Waals surface area (Å²) >= 11 is 0. The van der Waals surface area contributed by atoms with Crippen molar-refractivity contribution in [2.24, 2.45) is 0 Å². The van der Waals surface area contributed by atoms with Crippen LogP contribution in [0.2, 0.25) is 0 Å². The molecular formula is C13H16F3N3O. The largest absolute Gasteiger partial charge is 0.418 e. The third-order valence-electron chi connectivity index (χ3n) is 2.96. The van der Waals surface area contributed by atoms with Crippen LogP contribution < -0.4 is 16.4 Å². The molecule has 0 heterocycles. The fourth-order valence-electron chi connectivity index (χ4n) is 1.79. The molecule has 1 aromatic carbocycles. The molecule has 0 saturated heterocycles. The Morgan fingerprint density at radius 2 is 2.05 bits per heavy atom. The van der Waals surface area contributed by atoms with E-state index < -0.39 is 11.7 Å². The van der Waals surface area contributed by atoms with E-state index in [1.807, 2.05) is 0 Å². The van der Waals surface area contributed by atoms with Crippen LogP contribution in [0.25, 0.3) is 0 Å². The first-order valence-corrected chi connectivity index (χ1v) is 6.36. The van der Waals surface area contributed by atoms with Gasteiger partial charge in [0.1, 0.15) is 0 Å². The number of amides is 1. The SMILES string of the molecule is Nc1ccc(NCCC(=O)NC2CC2)c(C(F)(F)F)c1. The fraction of sp³-hybridized carbons (Fsp3) is 0.462. The van der Waals surface area contributed by atoms with Crippen LogP contribution in [0.4, 0.5) is 24.5 Å².